The summed E-state index contributed by atoms with van der Waals surface area (Å²) >= 11 is 0. The molecule has 134 valence electrons. The first-order valence-electron chi connectivity index (χ1n) is 6.81. The van der Waals surface area contributed by atoms with Crippen LogP contribution in [0.15, 0.2) is 0 Å². The van der Waals surface area contributed by atoms with E-state index in [9.17, 15) is 27.2 Å². The van der Waals surface area contributed by atoms with Crippen molar-refractivity contribution in [2.24, 2.45) is 11.5 Å². The Bertz CT molecular complexity index is 874. The van der Waals surface area contributed by atoms with Gasteiger partial charge in [0.1, 0.15) is 5.82 Å². The molecule has 8 nitrogen and oxygen atoms in total. The van der Waals surface area contributed by atoms with Crippen molar-refractivity contribution in [2.75, 3.05) is 0 Å². The molecule has 1 aromatic heterocycles. The third kappa shape index (κ3) is 2.90. The Labute approximate surface area is 137 Å². The molecule has 4 N–H and O–H groups in total. The Kier molecular flexibility index (Phi) is 4.47. The molecule has 2 rings (SSSR count). The smallest absolute Gasteiger partial charge is 0.366 e. The number of nitrogens with two attached hydrogens (primary N) is 2. The molecule has 0 radical (unpaired) electrons. The van der Waals surface area contributed by atoms with Crippen molar-refractivity contribution in [1.82, 2.24) is 20.2 Å². The van der Waals surface area contributed by atoms with Crippen LogP contribution in [0.25, 0.3) is 11.4 Å². The van der Waals surface area contributed by atoms with E-state index in [2.05, 4.69) is 15.5 Å². The van der Waals surface area contributed by atoms with E-state index in [4.69, 9.17) is 11.5 Å². The number of carbonyl (C=O) groups is 2. The monoisotopic (exact) mass is 360 g/mol. The number of hydrogen-bond donors (Lipinski definition) is 2. The normalized spacial score (nSPS) is 11.6. The number of hydrogen-bond acceptors (Lipinski definition) is 5. The van der Waals surface area contributed by atoms with Crippen LogP contribution in [0.3, 0.4) is 0 Å². The van der Waals surface area contributed by atoms with Crippen LogP contribution in [-0.2, 0) is 12.7 Å². The largest absolute Gasteiger partial charge is 0.418 e. The molecule has 0 saturated heterocycles. The average molecular weight is 360 g/mol. The summed E-state index contributed by atoms with van der Waals surface area (Å²) in [5.74, 6) is -5.05. The molecule has 0 spiro atoms. The zero-order chi connectivity index (χ0) is 19.1. The minimum Gasteiger partial charge on any atom is -0.366 e. The van der Waals surface area contributed by atoms with Gasteiger partial charge in [-0.05, 0) is 29.8 Å². The first-order valence-corrected chi connectivity index (χ1v) is 6.81. The number of tetrazole rings is 1. The summed E-state index contributed by atoms with van der Waals surface area (Å²) in [5, 5.41) is 10.0. The van der Waals surface area contributed by atoms with Crippen LogP contribution in [-0.4, -0.2) is 32.0 Å². The lowest BCUT2D eigenvalue weighted by Crippen LogP contribution is -2.27. The van der Waals surface area contributed by atoms with Crippen molar-refractivity contribution >= 4 is 11.8 Å². The average Bonchev–Trinajstić information content (AvgIpc) is 2.92. The van der Waals surface area contributed by atoms with Gasteiger partial charge in [0.2, 0.25) is 5.91 Å². The van der Waals surface area contributed by atoms with Crippen molar-refractivity contribution in [3.63, 3.8) is 0 Å². The number of carbonyl (C=O) groups excluding carboxylic acids is 2. The maximum atomic E-state index is 14.8. The standard InChI is InChI=1S/C13H12F4N6O2/c1-3-23-12(20-21-22-23)7-8(13(15,16)17)5(10(18)24)4(2)6(9(7)14)11(19)25/h3H2,1-2H3,(H2,18,24)(H2,19,25). The van der Waals surface area contributed by atoms with Gasteiger partial charge in [0, 0.05) is 6.54 Å². The molecule has 0 bridgehead atoms. The second-order valence-corrected chi connectivity index (χ2v) is 4.98. The molecule has 0 aliphatic heterocycles. The number of nitrogens with zero attached hydrogens (tertiary/aromatic N) is 4. The Morgan fingerprint density at radius 2 is 1.72 bits per heavy atom. The number of rotatable bonds is 4. The van der Waals surface area contributed by atoms with Crippen LogP contribution in [0.1, 0.15) is 38.8 Å². The Balaban J connectivity index is 3.13. The number of aromatic nitrogens is 4. The van der Waals surface area contributed by atoms with E-state index in [0.29, 0.717) is 0 Å². The highest BCUT2D eigenvalue weighted by Crippen LogP contribution is 2.42. The lowest BCUT2D eigenvalue weighted by molar-refractivity contribution is -0.137. The maximum absolute atomic E-state index is 14.8. The van der Waals surface area contributed by atoms with Gasteiger partial charge in [-0.1, -0.05) is 0 Å². The minimum absolute atomic E-state index is 0.00472. The molecule has 25 heavy (non-hydrogen) atoms. The zero-order valence-corrected chi connectivity index (χ0v) is 13.0. The number of aryl methyl sites for hydroxylation is 1. The maximum Gasteiger partial charge on any atom is 0.418 e. The Morgan fingerprint density at radius 1 is 1.16 bits per heavy atom. The van der Waals surface area contributed by atoms with Gasteiger partial charge in [0.25, 0.3) is 5.91 Å². The predicted octanol–water partition coefficient (Wildman–Crippen LogP) is 1.02. The van der Waals surface area contributed by atoms with Crippen molar-refractivity contribution in [1.29, 1.82) is 0 Å². The lowest BCUT2D eigenvalue weighted by atomic mass is 9.89. The molecule has 1 aromatic carbocycles. The molecular formula is C13H12F4N6O2. The van der Waals surface area contributed by atoms with Gasteiger partial charge in [0.15, 0.2) is 5.82 Å². The highest BCUT2D eigenvalue weighted by Gasteiger charge is 2.43. The van der Waals surface area contributed by atoms with Crippen molar-refractivity contribution in [3.8, 4) is 11.4 Å². The molecular weight excluding hydrogens is 348 g/mol. The summed E-state index contributed by atoms with van der Waals surface area (Å²) < 4.78 is 56.6. The molecule has 0 aliphatic carbocycles. The van der Waals surface area contributed by atoms with E-state index in [1.165, 1.54) is 6.92 Å². The van der Waals surface area contributed by atoms with E-state index in [0.717, 1.165) is 11.6 Å². The summed E-state index contributed by atoms with van der Waals surface area (Å²) in [6, 6.07) is 0. The molecule has 0 unspecified atom stereocenters. The van der Waals surface area contributed by atoms with Crippen LogP contribution in [0.5, 0.6) is 0 Å². The van der Waals surface area contributed by atoms with Gasteiger partial charge < -0.3 is 11.5 Å². The summed E-state index contributed by atoms with van der Waals surface area (Å²) in [4.78, 5) is 23.2. The van der Waals surface area contributed by atoms with Crippen molar-refractivity contribution in [3.05, 3.63) is 28.1 Å². The number of amides is 2. The summed E-state index contributed by atoms with van der Waals surface area (Å²) in [5.41, 5.74) is 4.74. The Hall–Kier alpha value is -3.05. The SMILES string of the molecule is CCn1nnnc1-c1c(F)c(C(N)=O)c(C)c(C(N)=O)c1C(F)(F)F. The van der Waals surface area contributed by atoms with Crippen molar-refractivity contribution in [2.45, 2.75) is 26.6 Å². The second kappa shape index (κ2) is 6.11. The third-order valence-corrected chi connectivity index (χ3v) is 3.52. The fourth-order valence-electron chi connectivity index (χ4n) is 2.53. The van der Waals surface area contributed by atoms with E-state index in [-0.39, 0.29) is 6.54 Å². The van der Waals surface area contributed by atoms with E-state index < -0.39 is 57.4 Å². The van der Waals surface area contributed by atoms with E-state index >= 15 is 0 Å². The van der Waals surface area contributed by atoms with Gasteiger partial charge in [-0.2, -0.15) is 13.2 Å². The van der Waals surface area contributed by atoms with E-state index in [1.807, 2.05) is 0 Å². The van der Waals surface area contributed by atoms with Crippen LogP contribution in [0.2, 0.25) is 0 Å². The molecule has 12 heteroatoms. The number of benzene rings is 1. The number of alkyl halides is 3. The van der Waals surface area contributed by atoms with Crippen molar-refractivity contribution < 1.29 is 27.2 Å². The number of primary amides is 2. The summed E-state index contributed by atoms with van der Waals surface area (Å²) in [6.07, 6.45) is -5.17. The highest BCUT2D eigenvalue weighted by molar-refractivity contribution is 6.04. The first kappa shape index (κ1) is 18.3. The quantitative estimate of drug-likeness (QED) is 0.787. The fraction of sp³-hybridized carbons (Fsp3) is 0.308. The van der Waals surface area contributed by atoms with E-state index in [1.54, 1.807) is 0 Å². The van der Waals surface area contributed by atoms with Gasteiger partial charge in [-0.15, -0.1) is 5.10 Å². The molecule has 0 aliphatic rings. The van der Waals surface area contributed by atoms with Crippen LogP contribution < -0.4 is 11.5 Å². The lowest BCUT2D eigenvalue weighted by Gasteiger charge is -2.20. The third-order valence-electron chi connectivity index (χ3n) is 3.52. The highest BCUT2D eigenvalue weighted by atomic mass is 19.4. The molecule has 0 fully saturated rings. The van der Waals surface area contributed by atoms with Gasteiger partial charge in [-0.3, -0.25) is 9.59 Å². The zero-order valence-electron chi connectivity index (χ0n) is 13.0. The van der Waals surface area contributed by atoms with Crippen LogP contribution in [0.4, 0.5) is 17.6 Å². The summed E-state index contributed by atoms with van der Waals surface area (Å²) in [6.45, 7) is 2.46. The van der Waals surface area contributed by atoms with Crippen LogP contribution >= 0.6 is 0 Å². The second-order valence-electron chi connectivity index (χ2n) is 4.98. The molecule has 0 saturated carbocycles. The molecule has 2 aromatic rings. The predicted molar refractivity (Wildman–Crippen MR) is 75.7 cm³/mol. The van der Waals surface area contributed by atoms with Gasteiger partial charge in [0.05, 0.1) is 22.3 Å². The molecule has 1 heterocycles. The van der Waals surface area contributed by atoms with Gasteiger partial charge >= 0.3 is 6.18 Å². The van der Waals surface area contributed by atoms with Gasteiger partial charge in [-0.25, -0.2) is 9.07 Å². The Morgan fingerprint density at radius 3 is 2.16 bits per heavy atom. The molecule has 2 amide bonds. The molecule has 0 atom stereocenters. The topological polar surface area (TPSA) is 130 Å². The minimum atomic E-state index is -5.17. The fourth-order valence-corrected chi connectivity index (χ4v) is 2.53. The van der Waals surface area contributed by atoms with Crippen LogP contribution in [0, 0.1) is 12.7 Å². The summed E-state index contributed by atoms with van der Waals surface area (Å²) in [7, 11) is 0. The number of halogens is 4. The first-order chi connectivity index (χ1) is 11.5.